The largest absolute Gasteiger partial charge is 0.466 e. The molecule has 0 bridgehead atoms. The van der Waals surface area contributed by atoms with E-state index in [4.69, 9.17) is 4.74 Å². The number of nitrogens with one attached hydrogen (secondary N) is 3. The van der Waals surface area contributed by atoms with Crippen LogP contribution < -0.4 is 10.6 Å². The number of ketones is 1. The standard InChI is InChI=1S/C29H27N3O5/c1-2-37-26(34)14-12-19-24(31-23-9-6-10-25(33)27(19)23)16-21-20-15-18(11-13-22(20)32-29(21)36)30-28(35)17-7-4-3-5-8-17/h3-5,7-8,11,13,15-16,31H,2,6,9-10,12,14H2,1H3,(H,30,35)(H,32,36). The van der Waals surface area contributed by atoms with Gasteiger partial charge in [-0.2, -0.15) is 0 Å². The monoisotopic (exact) mass is 497 g/mol. The number of aromatic amines is 1. The van der Waals surface area contributed by atoms with Gasteiger partial charge in [0.1, 0.15) is 0 Å². The minimum atomic E-state index is -0.331. The zero-order valence-electron chi connectivity index (χ0n) is 20.5. The molecule has 37 heavy (non-hydrogen) atoms. The quantitative estimate of drug-likeness (QED) is 0.321. The van der Waals surface area contributed by atoms with Crippen LogP contribution in [0, 0.1) is 0 Å². The Labute approximate surface area is 214 Å². The number of ether oxygens (including phenoxy) is 1. The molecule has 2 aliphatic rings. The maximum Gasteiger partial charge on any atom is 0.306 e. The van der Waals surface area contributed by atoms with Gasteiger partial charge in [0.05, 0.1) is 12.2 Å². The molecule has 0 fully saturated rings. The number of rotatable bonds is 7. The van der Waals surface area contributed by atoms with Gasteiger partial charge in [-0.15, -0.1) is 0 Å². The van der Waals surface area contributed by atoms with Crippen LogP contribution >= 0.6 is 0 Å². The summed E-state index contributed by atoms with van der Waals surface area (Å²) < 4.78 is 5.08. The molecule has 0 unspecified atom stereocenters. The SMILES string of the molecule is CCOC(=O)CCc1c(C=C2C(=O)Nc3ccc(NC(=O)c4ccccc4)cc32)[nH]c2c1C(=O)CCC2. The lowest BCUT2D eigenvalue weighted by molar-refractivity contribution is -0.143. The third-order valence-corrected chi connectivity index (χ3v) is 6.59. The van der Waals surface area contributed by atoms with Gasteiger partial charge in [-0.05, 0) is 68.2 Å². The number of carbonyl (C=O) groups is 4. The molecule has 3 aromatic rings. The van der Waals surface area contributed by atoms with Crippen molar-refractivity contribution >= 4 is 46.6 Å². The van der Waals surface area contributed by atoms with E-state index in [1.807, 2.05) is 6.07 Å². The van der Waals surface area contributed by atoms with Crippen LogP contribution in [-0.4, -0.2) is 35.2 Å². The van der Waals surface area contributed by atoms with E-state index in [-0.39, 0.29) is 30.0 Å². The summed E-state index contributed by atoms with van der Waals surface area (Å²) in [5, 5.41) is 5.74. The van der Waals surface area contributed by atoms with Crippen LogP contribution in [0.3, 0.4) is 0 Å². The number of Topliss-reactive ketones (excluding diaryl/α,β-unsaturated/α-hetero) is 1. The average Bonchev–Trinajstić information content (AvgIpc) is 3.41. The topological polar surface area (TPSA) is 117 Å². The fraction of sp³-hybridized carbons (Fsp3) is 0.241. The first-order chi connectivity index (χ1) is 17.9. The van der Waals surface area contributed by atoms with Gasteiger partial charge in [-0.1, -0.05) is 18.2 Å². The van der Waals surface area contributed by atoms with Crippen molar-refractivity contribution in [2.24, 2.45) is 0 Å². The summed E-state index contributed by atoms with van der Waals surface area (Å²) in [4.78, 5) is 53.7. The molecule has 0 saturated carbocycles. The van der Waals surface area contributed by atoms with Crippen LogP contribution in [0.4, 0.5) is 11.4 Å². The molecule has 0 atom stereocenters. The fourth-order valence-corrected chi connectivity index (χ4v) is 4.88. The van der Waals surface area contributed by atoms with Crippen molar-refractivity contribution in [1.29, 1.82) is 0 Å². The highest BCUT2D eigenvalue weighted by atomic mass is 16.5. The van der Waals surface area contributed by atoms with E-state index in [9.17, 15) is 19.2 Å². The van der Waals surface area contributed by atoms with E-state index < -0.39 is 0 Å². The number of fused-ring (bicyclic) bond motifs is 2. The number of aromatic nitrogens is 1. The second kappa shape index (κ2) is 10.3. The molecule has 1 aromatic heterocycles. The molecule has 0 saturated heterocycles. The Kier molecular flexibility index (Phi) is 6.72. The highest BCUT2D eigenvalue weighted by Gasteiger charge is 2.29. The van der Waals surface area contributed by atoms with Crippen molar-refractivity contribution in [3.05, 3.63) is 82.2 Å². The first-order valence-electron chi connectivity index (χ1n) is 12.4. The number of benzene rings is 2. The Morgan fingerprint density at radius 2 is 1.89 bits per heavy atom. The molecule has 8 nitrogen and oxygen atoms in total. The smallest absolute Gasteiger partial charge is 0.306 e. The second-order valence-electron chi connectivity index (χ2n) is 9.05. The van der Waals surface area contributed by atoms with Crippen LogP contribution in [0.1, 0.15) is 69.4 Å². The molecule has 2 amide bonds. The summed E-state index contributed by atoms with van der Waals surface area (Å²) in [6, 6.07) is 14.1. The van der Waals surface area contributed by atoms with Crippen molar-refractivity contribution in [3.63, 3.8) is 0 Å². The van der Waals surface area contributed by atoms with Crippen molar-refractivity contribution in [2.75, 3.05) is 17.2 Å². The molecular weight excluding hydrogens is 470 g/mol. The predicted octanol–water partition coefficient (Wildman–Crippen LogP) is 4.77. The Hall–Kier alpha value is -4.46. The number of hydrogen-bond acceptors (Lipinski definition) is 5. The zero-order valence-corrected chi connectivity index (χ0v) is 20.5. The summed E-state index contributed by atoms with van der Waals surface area (Å²) in [6.45, 7) is 2.04. The Bertz CT molecular complexity index is 1440. The van der Waals surface area contributed by atoms with E-state index in [0.29, 0.717) is 58.8 Å². The lowest BCUT2D eigenvalue weighted by Crippen LogP contribution is -2.12. The highest BCUT2D eigenvalue weighted by Crippen LogP contribution is 2.37. The number of hydrogen-bond donors (Lipinski definition) is 3. The van der Waals surface area contributed by atoms with Gasteiger partial charge in [0.25, 0.3) is 11.8 Å². The third kappa shape index (κ3) is 4.95. The van der Waals surface area contributed by atoms with Crippen LogP contribution in [-0.2, 0) is 27.2 Å². The third-order valence-electron chi connectivity index (χ3n) is 6.59. The summed E-state index contributed by atoms with van der Waals surface area (Å²) in [6.07, 6.45) is 4.15. The highest BCUT2D eigenvalue weighted by molar-refractivity contribution is 6.35. The van der Waals surface area contributed by atoms with Crippen molar-refractivity contribution < 1.29 is 23.9 Å². The van der Waals surface area contributed by atoms with Gasteiger partial charge in [0.2, 0.25) is 0 Å². The van der Waals surface area contributed by atoms with Gasteiger partial charge < -0.3 is 20.4 Å². The molecule has 3 N–H and O–H groups in total. The molecule has 2 aromatic carbocycles. The van der Waals surface area contributed by atoms with Crippen LogP contribution in [0.25, 0.3) is 11.6 Å². The second-order valence-corrected chi connectivity index (χ2v) is 9.05. The van der Waals surface area contributed by atoms with Crippen molar-refractivity contribution in [3.8, 4) is 0 Å². The minimum absolute atomic E-state index is 0.0446. The van der Waals surface area contributed by atoms with Crippen LogP contribution in [0.2, 0.25) is 0 Å². The maximum absolute atomic E-state index is 12.9. The van der Waals surface area contributed by atoms with Crippen molar-refractivity contribution in [1.82, 2.24) is 4.98 Å². The molecule has 0 radical (unpaired) electrons. The minimum Gasteiger partial charge on any atom is -0.466 e. The maximum atomic E-state index is 12.9. The lowest BCUT2D eigenvalue weighted by atomic mass is 9.91. The first kappa shape index (κ1) is 24.2. The summed E-state index contributed by atoms with van der Waals surface area (Å²) in [7, 11) is 0. The summed E-state index contributed by atoms with van der Waals surface area (Å²) in [5.74, 6) is -0.817. The average molecular weight is 498 g/mol. The molecule has 1 aliphatic carbocycles. The van der Waals surface area contributed by atoms with E-state index in [2.05, 4.69) is 15.6 Å². The van der Waals surface area contributed by atoms with E-state index in [0.717, 1.165) is 24.1 Å². The Balaban J connectivity index is 1.49. The lowest BCUT2D eigenvalue weighted by Gasteiger charge is -2.11. The normalized spacial score (nSPS) is 15.2. The zero-order chi connectivity index (χ0) is 25.9. The van der Waals surface area contributed by atoms with Crippen molar-refractivity contribution in [2.45, 2.75) is 39.0 Å². The summed E-state index contributed by atoms with van der Waals surface area (Å²) >= 11 is 0. The molecular formula is C29H27N3O5. The van der Waals surface area contributed by atoms with E-state index in [1.165, 1.54) is 0 Å². The molecule has 0 spiro atoms. The van der Waals surface area contributed by atoms with Gasteiger partial charge >= 0.3 is 5.97 Å². The number of aryl methyl sites for hydroxylation is 1. The van der Waals surface area contributed by atoms with Crippen LogP contribution in [0.15, 0.2) is 48.5 Å². The first-order valence-corrected chi connectivity index (χ1v) is 12.4. The van der Waals surface area contributed by atoms with E-state index in [1.54, 1.807) is 55.5 Å². The molecule has 2 heterocycles. The molecule has 188 valence electrons. The van der Waals surface area contributed by atoms with Gasteiger partial charge in [-0.3, -0.25) is 19.2 Å². The van der Waals surface area contributed by atoms with Gasteiger partial charge in [0, 0.05) is 52.3 Å². The van der Waals surface area contributed by atoms with Crippen LogP contribution in [0.5, 0.6) is 0 Å². The fourth-order valence-electron chi connectivity index (χ4n) is 4.88. The molecule has 1 aliphatic heterocycles. The van der Waals surface area contributed by atoms with Gasteiger partial charge in [0.15, 0.2) is 5.78 Å². The van der Waals surface area contributed by atoms with Gasteiger partial charge in [-0.25, -0.2) is 0 Å². The Morgan fingerprint density at radius 3 is 2.68 bits per heavy atom. The Morgan fingerprint density at radius 1 is 1.08 bits per heavy atom. The number of amides is 2. The summed E-state index contributed by atoms with van der Waals surface area (Å²) in [5.41, 5.74) is 5.61. The molecule has 5 rings (SSSR count). The molecule has 8 heteroatoms. The van der Waals surface area contributed by atoms with E-state index >= 15 is 0 Å². The predicted molar refractivity (Wildman–Crippen MR) is 140 cm³/mol. The number of carbonyl (C=O) groups excluding carboxylic acids is 4. The number of anilines is 2. The number of H-pyrrole nitrogens is 1. The number of esters is 1.